The van der Waals surface area contributed by atoms with Gasteiger partial charge in [0.15, 0.2) is 11.6 Å². The lowest BCUT2D eigenvalue weighted by Crippen LogP contribution is -2.30. The minimum atomic E-state index is 0.0429. The van der Waals surface area contributed by atoms with E-state index in [2.05, 4.69) is 147 Å². The van der Waals surface area contributed by atoms with Crippen LogP contribution in [0.4, 0.5) is 11.4 Å². The van der Waals surface area contributed by atoms with E-state index in [1.54, 1.807) is 0 Å². The second-order valence-electron chi connectivity index (χ2n) is 13.0. The minimum Gasteiger partial charge on any atom is -0.318 e. The lowest BCUT2D eigenvalue weighted by molar-refractivity contribution is 0.781. The Kier molecular flexibility index (Phi) is 5.92. The van der Waals surface area contributed by atoms with E-state index in [0.717, 1.165) is 33.2 Å². The van der Waals surface area contributed by atoms with Crippen LogP contribution in [-0.2, 0) is 0 Å². The summed E-state index contributed by atoms with van der Waals surface area (Å²) in [5.74, 6) is 1.87. The molecular formula is C45H29N6+. The molecule has 6 nitrogen and oxygen atoms in total. The van der Waals surface area contributed by atoms with Crippen LogP contribution in [0, 0.1) is 0 Å². The Morgan fingerprint density at radius 3 is 1.88 bits per heavy atom. The lowest BCUT2D eigenvalue weighted by Gasteiger charge is -2.24. The zero-order valence-corrected chi connectivity index (χ0v) is 27.4. The topological polar surface area (TPSA) is 51.5 Å². The molecule has 0 N–H and O–H groups in total. The van der Waals surface area contributed by atoms with Gasteiger partial charge in [-0.25, -0.2) is 4.98 Å². The first kappa shape index (κ1) is 28.0. The Labute approximate surface area is 293 Å². The number of allylic oxidation sites excluding steroid dienone is 4. The Morgan fingerprint density at radius 1 is 0.510 bits per heavy atom. The van der Waals surface area contributed by atoms with Crippen LogP contribution < -0.4 is 4.58 Å². The molecule has 2 aliphatic rings. The Morgan fingerprint density at radius 2 is 1.14 bits per heavy atom. The standard InChI is InChI=1S/C45H29N6/c1-4-15-29(16-5-1)43-46-44(30-17-6-2-7-18-30)48-45(47-43)51-34-23-11-10-21-32(34)40-38(51)28-27-37-41(40)33-22-14-26-39-42(33)50(37)36-25-13-12-24-35(36)49(39)31-19-8-3-9-20-31/h1-28,36H/q+1. The van der Waals surface area contributed by atoms with Gasteiger partial charge in [0.25, 0.3) is 0 Å². The third-order valence-corrected chi connectivity index (χ3v) is 10.3. The highest BCUT2D eigenvalue weighted by atomic mass is 15.2. The van der Waals surface area contributed by atoms with Crippen molar-refractivity contribution in [3.63, 3.8) is 0 Å². The van der Waals surface area contributed by atoms with Crippen molar-refractivity contribution in [1.82, 2.24) is 28.7 Å². The zero-order valence-electron chi connectivity index (χ0n) is 27.4. The average molecular weight is 654 g/mol. The third kappa shape index (κ3) is 4.04. The lowest BCUT2D eigenvalue weighted by atomic mass is 10.0. The van der Waals surface area contributed by atoms with Gasteiger partial charge in [-0.2, -0.15) is 14.5 Å². The number of para-hydroxylation sites is 3. The average Bonchev–Trinajstić information content (AvgIpc) is 3.73. The number of fused-ring (bicyclic) bond motifs is 9. The van der Waals surface area contributed by atoms with Crippen LogP contribution in [0.2, 0.25) is 0 Å². The van der Waals surface area contributed by atoms with Crippen molar-refractivity contribution in [1.29, 1.82) is 0 Å². The Bertz CT molecular complexity index is 2890. The van der Waals surface area contributed by atoms with Crippen molar-refractivity contribution >= 4 is 60.7 Å². The van der Waals surface area contributed by atoms with Crippen LogP contribution >= 0.6 is 0 Å². The first-order chi connectivity index (χ1) is 25.3. The third-order valence-electron chi connectivity index (χ3n) is 10.3. The van der Waals surface area contributed by atoms with Gasteiger partial charge in [0.2, 0.25) is 23.0 Å². The van der Waals surface area contributed by atoms with Crippen LogP contribution in [-0.4, -0.2) is 29.8 Å². The number of aromatic nitrogens is 5. The Balaban J connectivity index is 1.25. The smallest absolute Gasteiger partial charge is 0.238 e. The SMILES string of the molecule is C1=CC2=[N+](c3ccccc3)c3cccc4c5c6c7ccccc7n(-c7nc(-c8ccccc8)nc(-c8ccccc8)n7)c6ccc5n(c34)C2C=C1. The van der Waals surface area contributed by atoms with E-state index in [0.29, 0.717) is 17.6 Å². The van der Waals surface area contributed by atoms with Crippen molar-refractivity contribution in [3.8, 4) is 28.7 Å². The first-order valence-electron chi connectivity index (χ1n) is 17.3. The zero-order chi connectivity index (χ0) is 33.5. The van der Waals surface area contributed by atoms with Gasteiger partial charge in [-0.1, -0.05) is 127 Å². The fourth-order valence-electron chi connectivity index (χ4n) is 8.16. The monoisotopic (exact) mass is 653 g/mol. The molecule has 6 aromatic carbocycles. The summed E-state index contributed by atoms with van der Waals surface area (Å²) in [5, 5.41) is 4.81. The van der Waals surface area contributed by atoms with E-state index < -0.39 is 0 Å². The van der Waals surface area contributed by atoms with Gasteiger partial charge in [0.1, 0.15) is 11.6 Å². The maximum atomic E-state index is 5.17. The highest BCUT2D eigenvalue weighted by Crippen LogP contribution is 2.47. The molecule has 238 valence electrons. The summed E-state index contributed by atoms with van der Waals surface area (Å²) in [7, 11) is 0. The van der Waals surface area contributed by atoms with Gasteiger partial charge in [0, 0.05) is 56.9 Å². The van der Waals surface area contributed by atoms with E-state index in [-0.39, 0.29) is 6.04 Å². The van der Waals surface area contributed by atoms with E-state index in [9.17, 15) is 0 Å². The molecule has 1 aliphatic heterocycles. The maximum Gasteiger partial charge on any atom is 0.238 e. The summed E-state index contributed by atoms with van der Waals surface area (Å²) < 4.78 is 7.17. The van der Waals surface area contributed by atoms with Gasteiger partial charge in [-0.15, -0.1) is 0 Å². The largest absolute Gasteiger partial charge is 0.318 e. The van der Waals surface area contributed by atoms with Gasteiger partial charge >= 0.3 is 0 Å². The molecule has 9 aromatic rings. The number of hydrogen-bond acceptors (Lipinski definition) is 3. The Hall–Kier alpha value is -6.92. The second kappa shape index (κ2) is 10.8. The molecule has 0 bridgehead atoms. The van der Waals surface area contributed by atoms with Crippen molar-refractivity contribution in [2.24, 2.45) is 0 Å². The molecule has 0 radical (unpaired) electrons. The van der Waals surface area contributed by atoms with Gasteiger partial charge in [-0.05, 0) is 18.2 Å². The predicted molar refractivity (Wildman–Crippen MR) is 208 cm³/mol. The summed E-state index contributed by atoms with van der Waals surface area (Å²) in [6.07, 6.45) is 8.88. The minimum absolute atomic E-state index is 0.0429. The van der Waals surface area contributed by atoms with Crippen LogP contribution in [0.5, 0.6) is 0 Å². The molecule has 1 atom stereocenters. The fourth-order valence-corrected chi connectivity index (χ4v) is 8.16. The summed E-state index contributed by atoms with van der Waals surface area (Å²) in [5.41, 5.74) is 9.99. The number of rotatable bonds is 4. The van der Waals surface area contributed by atoms with E-state index in [4.69, 9.17) is 15.0 Å². The maximum absolute atomic E-state index is 5.17. The molecule has 11 rings (SSSR count). The number of nitrogens with zero attached hydrogens (tertiary/aromatic N) is 6. The van der Waals surface area contributed by atoms with Crippen LogP contribution in [0.25, 0.3) is 72.3 Å². The highest BCUT2D eigenvalue weighted by molar-refractivity contribution is 6.30. The molecule has 1 unspecified atom stereocenters. The molecule has 0 saturated heterocycles. The molecule has 6 heteroatoms. The quantitative estimate of drug-likeness (QED) is 0.178. The molecule has 3 aromatic heterocycles. The van der Waals surface area contributed by atoms with Gasteiger partial charge in [0.05, 0.1) is 16.6 Å². The van der Waals surface area contributed by atoms with E-state index in [1.807, 2.05) is 36.4 Å². The number of hydrogen-bond donors (Lipinski definition) is 0. The van der Waals surface area contributed by atoms with E-state index in [1.165, 1.54) is 38.6 Å². The molecule has 1 aliphatic carbocycles. The number of benzene rings is 6. The molecule has 51 heavy (non-hydrogen) atoms. The molecule has 0 amide bonds. The summed E-state index contributed by atoms with van der Waals surface area (Å²) >= 11 is 0. The normalized spacial score (nSPS) is 15.0. The van der Waals surface area contributed by atoms with Crippen LogP contribution in [0.3, 0.4) is 0 Å². The van der Waals surface area contributed by atoms with Crippen molar-refractivity contribution in [3.05, 3.63) is 170 Å². The second-order valence-corrected chi connectivity index (χ2v) is 13.0. The summed E-state index contributed by atoms with van der Waals surface area (Å²) in [6, 6.07) is 51.0. The van der Waals surface area contributed by atoms with Gasteiger partial charge in [-0.3, -0.25) is 4.57 Å². The molecule has 0 spiro atoms. The summed E-state index contributed by atoms with van der Waals surface area (Å²) in [6.45, 7) is 0. The van der Waals surface area contributed by atoms with Gasteiger partial charge < -0.3 is 4.57 Å². The molecule has 0 saturated carbocycles. The van der Waals surface area contributed by atoms with Crippen molar-refractivity contribution < 1.29 is 0 Å². The van der Waals surface area contributed by atoms with E-state index >= 15 is 0 Å². The molecular weight excluding hydrogens is 625 g/mol. The first-order valence-corrected chi connectivity index (χ1v) is 17.3. The molecule has 0 fully saturated rings. The predicted octanol–water partition coefficient (Wildman–Crippen LogP) is 10.4. The highest BCUT2D eigenvalue weighted by Gasteiger charge is 2.38. The molecule has 4 heterocycles. The summed E-state index contributed by atoms with van der Waals surface area (Å²) in [4.78, 5) is 15.3. The van der Waals surface area contributed by atoms with Crippen molar-refractivity contribution in [2.75, 3.05) is 0 Å². The fraction of sp³-hybridized carbons (Fsp3) is 0.0222. The van der Waals surface area contributed by atoms with Crippen LogP contribution in [0.15, 0.2) is 170 Å². The van der Waals surface area contributed by atoms with Crippen LogP contribution in [0.1, 0.15) is 6.04 Å². The van der Waals surface area contributed by atoms with Crippen molar-refractivity contribution in [2.45, 2.75) is 6.04 Å².